The van der Waals surface area contributed by atoms with E-state index in [0.717, 1.165) is 5.57 Å². The lowest BCUT2D eigenvalue weighted by Crippen LogP contribution is -2.40. The summed E-state index contributed by atoms with van der Waals surface area (Å²) in [6.07, 6.45) is 0. The maximum absolute atomic E-state index is 12.7. The van der Waals surface area contributed by atoms with E-state index in [1.807, 2.05) is 0 Å². The van der Waals surface area contributed by atoms with Crippen LogP contribution in [-0.4, -0.2) is 64.8 Å². The number of ether oxygens (including phenoxy) is 1. The summed E-state index contributed by atoms with van der Waals surface area (Å²) >= 11 is 0. The Morgan fingerprint density at radius 2 is 1.64 bits per heavy atom. The van der Waals surface area contributed by atoms with Gasteiger partial charge in [-0.15, -0.1) is 0 Å². The Balaban J connectivity index is 2.28. The van der Waals surface area contributed by atoms with Crippen LogP contribution in [0.4, 0.5) is 0 Å². The topological polar surface area (TPSA) is 84.0 Å². The van der Waals surface area contributed by atoms with Crippen molar-refractivity contribution in [3.63, 3.8) is 0 Å². The van der Waals surface area contributed by atoms with Crippen LogP contribution in [0.5, 0.6) is 0 Å². The van der Waals surface area contributed by atoms with Gasteiger partial charge in [0.15, 0.2) is 0 Å². The first-order chi connectivity index (χ1) is 11.7. The number of sulfonamides is 2. The van der Waals surface area contributed by atoms with Crippen LogP contribution < -0.4 is 0 Å². The number of morpholine rings is 1. The Bertz CT molecular complexity index is 811. The van der Waals surface area contributed by atoms with Gasteiger partial charge in [0, 0.05) is 26.2 Å². The molecule has 7 nitrogen and oxygen atoms in total. The average Bonchev–Trinajstić information content (AvgIpc) is 2.60. The van der Waals surface area contributed by atoms with Crippen LogP contribution >= 0.6 is 0 Å². The minimum absolute atomic E-state index is 0.0662. The molecule has 0 aromatic heterocycles. The van der Waals surface area contributed by atoms with Crippen LogP contribution in [0.2, 0.25) is 0 Å². The number of benzene rings is 1. The number of nitrogens with zero attached hydrogens (tertiary/aromatic N) is 2. The first-order valence-electron chi connectivity index (χ1n) is 8.02. The van der Waals surface area contributed by atoms with E-state index < -0.39 is 20.0 Å². The third-order valence-corrected chi connectivity index (χ3v) is 7.72. The van der Waals surface area contributed by atoms with Gasteiger partial charge in [-0.1, -0.05) is 19.1 Å². The van der Waals surface area contributed by atoms with E-state index in [4.69, 9.17) is 4.74 Å². The number of likely N-dealkylation sites (N-methyl/N-ethyl adjacent to an activating group) is 1. The molecule has 1 heterocycles. The summed E-state index contributed by atoms with van der Waals surface area (Å²) in [5.41, 5.74) is 0.733. The van der Waals surface area contributed by atoms with Crippen LogP contribution in [0.1, 0.15) is 13.8 Å². The third-order valence-electron chi connectivity index (χ3n) is 3.87. The highest BCUT2D eigenvalue weighted by Crippen LogP contribution is 2.22. The van der Waals surface area contributed by atoms with Crippen molar-refractivity contribution < 1.29 is 21.6 Å². The summed E-state index contributed by atoms with van der Waals surface area (Å²) < 4.78 is 58.3. The predicted molar refractivity (Wildman–Crippen MR) is 95.3 cm³/mol. The molecule has 1 aliphatic heterocycles. The second-order valence-electron chi connectivity index (χ2n) is 5.88. The summed E-state index contributed by atoms with van der Waals surface area (Å²) in [6.45, 7) is 9.10. The highest BCUT2D eigenvalue weighted by Gasteiger charge is 2.28. The molecule has 0 atom stereocenters. The van der Waals surface area contributed by atoms with Gasteiger partial charge in [0.1, 0.15) is 0 Å². The smallest absolute Gasteiger partial charge is 0.243 e. The van der Waals surface area contributed by atoms with Crippen molar-refractivity contribution in [2.45, 2.75) is 23.6 Å². The lowest BCUT2D eigenvalue weighted by atomic mass is 10.3. The Morgan fingerprint density at radius 3 is 2.12 bits per heavy atom. The van der Waals surface area contributed by atoms with Crippen molar-refractivity contribution in [1.29, 1.82) is 0 Å². The molecule has 1 fully saturated rings. The van der Waals surface area contributed by atoms with Gasteiger partial charge in [0.05, 0.1) is 23.0 Å². The summed E-state index contributed by atoms with van der Waals surface area (Å²) in [5, 5.41) is 0. The molecule has 1 saturated heterocycles. The van der Waals surface area contributed by atoms with Crippen molar-refractivity contribution in [3.8, 4) is 0 Å². The third kappa shape index (κ3) is 4.48. The predicted octanol–water partition coefficient (Wildman–Crippen LogP) is 1.29. The highest BCUT2D eigenvalue weighted by molar-refractivity contribution is 7.89. The van der Waals surface area contributed by atoms with Crippen molar-refractivity contribution in [1.82, 2.24) is 8.61 Å². The normalized spacial score (nSPS) is 16.9. The fourth-order valence-corrected chi connectivity index (χ4v) is 5.45. The molecular weight excluding hydrogens is 364 g/mol. The number of rotatable bonds is 7. The molecule has 1 aromatic carbocycles. The molecule has 0 amide bonds. The molecule has 0 radical (unpaired) electrons. The standard InChI is InChI=1S/C16H24N2O5S2/c1-4-17(13-14(2)3)24(19,20)15-5-7-16(8-6-15)25(21,22)18-9-11-23-12-10-18/h5-8H,2,4,9-13H2,1,3H3. The van der Waals surface area contributed by atoms with E-state index in [1.165, 1.54) is 32.9 Å². The molecule has 2 rings (SSSR count). The van der Waals surface area contributed by atoms with Crippen LogP contribution in [0.3, 0.4) is 0 Å². The second-order valence-corrected chi connectivity index (χ2v) is 9.75. The van der Waals surface area contributed by atoms with E-state index >= 15 is 0 Å². The van der Waals surface area contributed by atoms with Crippen molar-refractivity contribution >= 4 is 20.0 Å². The van der Waals surface area contributed by atoms with Crippen LogP contribution in [-0.2, 0) is 24.8 Å². The second kappa shape index (κ2) is 7.96. The molecule has 0 unspecified atom stereocenters. The Labute approximate surface area is 150 Å². The Kier molecular flexibility index (Phi) is 6.39. The van der Waals surface area contributed by atoms with Gasteiger partial charge in [0.2, 0.25) is 20.0 Å². The molecule has 0 N–H and O–H groups in total. The quantitative estimate of drug-likeness (QED) is 0.657. The van der Waals surface area contributed by atoms with Crippen molar-refractivity contribution in [3.05, 3.63) is 36.4 Å². The summed E-state index contributed by atoms with van der Waals surface area (Å²) in [4.78, 5) is 0.146. The Morgan fingerprint density at radius 1 is 1.12 bits per heavy atom. The lowest BCUT2D eigenvalue weighted by Gasteiger charge is -2.26. The largest absolute Gasteiger partial charge is 0.379 e. The Hall–Kier alpha value is -1.26. The summed E-state index contributed by atoms with van der Waals surface area (Å²) in [7, 11) is -7.33. The zero-order chi connectivity index (χ0) is 18.7. The minimum atomic E-state index is -3.69. The van der Waals surface area contributed by atoms with Gasteiger partial charge in [0.25, 0.3) is 0 Å². The fraction of sp³-hybridized carbons (Fsp3) is 0.500. The zero-order valence-corrected chi connectivity index (χ0v) is 16.1. The summed E-state index contributed by atoms with van der Waals surface area (Å²) in [5.74, 6) is 0. The lowest BCUT2D eigenvalue weighted by molar-refractivity contribution is 0.0730. The summed E-state index contributed by atoms with van der Waals surface area (Å²) in [6, 6.07) is 5.35. The van der Waals surface area contributed by atoms with Crippen molar-refractivity contribution in [2.75, 3.05) is 39.4 Å². The fourth-order valence-electron chi connectivity index (χ4n) is 2.54. The average molecular weight is 389 g/mol. The van der Waals surface area contributed by atoms with E-state index in [9.17, 15) is 16.8 Å². The number of hydrogen-bond acceptors (Lipinski definition) is 5. The van der Waals surface area contributed by atoms with Gasteiger partial charge in [-0.2, -0.15) is 8.61 Å². The van der Waals surface area contributed by atoms with E-state index in [1.54, 1.807) is 13.8 Å². The molecule has 0 bridgehead atoms. The zero-order valence-electron chi connectivity index (χ0n) is 14.5. The van der Waals surface area contributed by atoms with Gasteiger partial charge in [-0.05, 0) is 31.2 Å². The van der Waals surface area contributed by atoms with Gasteiger partial charge < -0.3 is 4.74 Å². The number of hydrogen-bond donors (Lipinski definition) is 0. The van der Waals surface area contributed by atoms with Crippen LogP contribution in [0.25, 0.3) is 0 Å². The molecule has 1 aromatic rings. The van der Waals surface area contributed by atoms with Crippen molar-refractivity contribution in [2.24, 2.45) is 0 Å². The van der Waals surface area contributed by atoms with E-state index in [-0.39, 0.29) is 16.3 Å². The first kappa shape index (κ1) is 20.1. The van der Waals surface area contributed by atoms with E-state index in [0.29, 0.717) is 32.8 Å². The highest BCUT2D eigenvalue weighted by atomic mass is 32.2. The molecule has 9 heteroatoms. The van der Waals surface area contributed by atoms with E-state index in [2.05, 4.69) is 6.58 Å². The SMILES string of the molecule is C=C(C)CN(CC)S(=O)(=O)c1ccc(S(=O)(=O)N2CCOCC2)cc1. The molecule has 1 aliphatic rings. The molecule has 0 aliphatic carbocycles. The molecule has 0 saturated carbocycles. The molecule has 0 spiro atoms. The van der Waals surface area contributed by atoms with Gasteiger partial charge >= 0.3 is 0 Å². The van der Waals surface area contributed by atoms with Gasteiger partial charge in [-0.25, -0.2) is 16.8 Å². The molecule has 140 valence electrons. The molecular formula is C16H24N2O5S2. The monoisotopic (exact) mass is 388 g/mol. The minimum Gasteiger partial charge on any atom is -0.379 e. The maximum atomic E-state index is 12.7. The molecule has 25 heavy (non-hydrogen) atoms. The van der Waals surface area contributed by atoms with Crippen LogP contribution in [0.15, 0.2) is 46.2 Å². The van der Waals surface area contributed by atoms with Gasteiger partial charge in [-0.3, -0.25) is 0 Å². The maximum Gasteiger partial charge on any atom is 0.243 e. The van der Waals surface area contributed by atoms with Crippen LogP contribution in [0, 0.1) is 0 Å². The first-order valence-corrected chi connectivity index (χ1v) is 10.9.